The van der Waals surface area contributed by atoms with Gasteiger partial charge in [-0.05, 0) is 12.1 Å². The Balaban J connectivity index is 1.90. The van der Waals surface area contributed by atoms with E-state index < -0.39 is 5.95 Å². The number of carbonyl (C=O) groups excluding carboxylic acids is 1. The molecule has 3 aromatic rings. The lowest BCUT2D eigenvalue weighted by atomic mass is 10.2. The predicted octanol–water partition coefficient (Wildman–Crippen LogP) is 1.52. The van der Waals surface area contributed by atoms with Crippen LogP contribution in [-0.2, 0) is 0 Å². The molecule has 0 fully saturated rings. The van der Waals surface area contributed by atoms with Gasteiger partial charge in [0.15, 0.2) is 0 Å². The smallest absolute Gasteiger partial charge is 0.259 e. The van der Waals surface area contributed by atoms with Gasteiger partial charge in [-0.2, -0.15) is 9.49 Å². The van der Waals surface area contributed by atoms with Crippen LogP contribution in [0.3, 0.4) is 0 Å². The summed E-state index contributed by atoms with van der Waals surface area (Å²) in [6.45, 7) is 0. The molecule has 0 atom stereocenters. The first-order valence-corrected chi connectivity index (χ1v) is 5.44. The molecule has 0 saturated carbocycles. The van der Waals surface area contributed by atoms with Gasteiger partial charge in [-0.25, -0.2) is 9.50 Å². The monoisotopic (exact) mass is 257 g/mol. The van der Waals surface area contributed by atoms with Gasteiger partial charge in [-0.15, -0.1) is 0 Å². The Hall–Kier alpha value is -2.83. The number of amides is 1. The predicted molar refractivity (Wildman–Crippen MR) is 65.1 cm³/mol. The lowest BCUT2D eigenvalue weighted by Gasteiger charge is -2.03. The van der Waals surface area contributed by atoms with Crippen molar-refractivity contribution in [2.75, 3.05) is 5.32 Å². The summed E-state index contributed by atoms with van der Waals surface area (Å²) < 4.78 is 14.2. The first kappa shape index (κ1) is 11.3. The number of rotatable bonds is 2. The van der Waals surface area contributed by atoms with Crippen LogP contribution in [0.4, 0.5) is 10.1 Å². The van der Waals surface area contributed by atoms with Crippen molar-refractivity contribution in [1.29, 1.82) is 0 Å². The number of aromatic nitrogens is 4. The molecule has 0 aliphatic rings. The lowest BCUT2D eigenvalue weighted by molar-refractivity contribution is 0.102. The molecule has 7 heteroatoms. The lowest BCUT2D eigenvalue weighted by Crippen LogP contribution is -2.11. The van der Waals surface area contributed by atoms with Crippen LogP contribution in [0.5, 0.6) is 0 Å². The van der Waals surface area contributed by atoms with Crippen molar-refractivity contribution in [1.82, 2.24) is 19.6 Å². The van der Waals surface area contributed by atoms with Crippen LogP contribution >= 0.6 is 0 Å². The van der Waals surface area contributed by atoms with Gasteiger partial charge >= 0.3 is 0 Å². The highest BCUT2D eigenvalue weighted by atomic mass is 19.1. The Morgan fingerprint density at radius 2 is 2.16 bits per heavy atom. The average Bonchev–Trinajstić information content (AvgIpc) is 2.85. The van der Waals surface area contributed by atoms with E-state index in [1.54, 1.807) is 23.1 Å². The average molecular weight is 257 g/mol. The van der Waals surface area contributed by atoms with Crippen molar-refractivity contribution in [3.8, 4) is 0 Å². The largest absolute Gasteiger partial charge is 0.320 e. The van der Waals surface area contributed by atoms with E-state index in [4.69, 9.17) is 0 Å². The van der Waals surface area contributed by atoms with E-state index in [9.17, 15) is 9.18 Å². The zero-order valence-electron chi connectivity index (χ0n) is 9.62. The van der Waals surface area contributed by atoms with Crippen molar-refractivity contribution in [3.63, 3.8) is 0 Å². The second-order valence-corrected chi connectivity index (χ2v) is 3.79. The van der Waals surface area contributed by atoms with Crippen LogP contribution in [0.1, 0.15) is 10.4 Å². The van der Waals surface area contributed by atoms with Crippen molar-refractivity contribution < 1.29 is 9.18 Å². The van der Waals surface area contributed by atoms with E-state index in [0.717, 1.165) is 0 Å². The fourth-order valence-corrected chi connectivity index (χ4v) is 1.66. The molecule has 0 spiro atoms. The third-order valence-corrected chi connectivity index (χ3v) is 2.55. The highest BCUT2D eigenvalue weighted by Crippen LogP contribution is 2.12. The molecule has 0 saturated heterocycles. The zero-order valence-corrected chi connectivity index (χ0v) is 9.62. The second-order valence-electron chi connectivity index (χ2n) is 3.79. The van der Waals surface area contributed by atoms with E-state index in [2.05, 4.69) is 20.4 Å². The van der Waals surface area contributed by atoms with Crippen LogP contribution < -0.4 is 5.32 Å². The summed E-state index contributed by atoms with van der Waals surface area (Å²) in [4.78, 5) is 19.5. The number of nitrogens with one attached hydrogen (secondary N) is 1. The second kappa shape index (κ2) is 4.45. The fraction of sp³-hybridized carbons (Fsp3) is 0. The summed E-state index contributed by atoms with van der Waals surface area (Å²) >= 11 is 0. The minimum atomic E-state index is -0.599. The van der Waals surface area contributed by atoms with Crippen molar-refractivity contribution >= 4 is 17.1 Å². The molecule has 94 valence electrons. The molecule has 1 N–H and O–H groups in total. The number of halogens is 1. The summed E-state index contributed by atoms with van der Waals surface area (Å²) in [5.41, 5.74) is 1.39. The molecule has 0 radical (unpaired) electrons. The molecule has 1 amide bonds. The van der Waals surface area contributed by atoms with Gasteiger partial charge in [0.05, 0.1) is 35.4 Å². The Labute approximate surface area is 106 Å². The van der Waals surface area contributed by atoms with E-state index in [1.807, 2.05) is 0 Å². The van der Waals surface area contributed by atoms with Gasteiger partial charge < -0.3 is 5.32 Å². The Morgan fingerprint density at radius 1 is 1.26 bits per heavy atom. The summed E-state index contributed by atoms with van der Waals surface area (Å²) in [7, 11) is 0. The normalized spacial score (nSPS) is 10.6. The van der Waals surface area contributed by atoms with E-state index in [0.29, 0.717) is 16.8 Å². The number of pyridine rings is 1. The van der Waals surface area contributed by atoms with Gasteiger partial charge in [0.25, 0.3) is 5.91 Å². The van der Waals surface area contributed by atoms with E-state index >= 15 is 0 Å². The molecule has 19 heavy (non-hydrogen) atoms. The van der Waals surface area contributed by atoms with Crippen molar-refractivity contribution in [3.05, 3.63) is 54.6 Å². The third kappa shape index (κ3) is 2.13. The van der Waals surface area contributed by atoms with E-state index in [-0.39, 0.29) is 5.91 Å². The summed E-state index contributed by atoms with van der Waals surface area (Å²) in [5, 5.41) is 6.65. The molecule has 3 rings (SSSR count). The topological polar surface area (TPSA) is 72.2 Å². The Bertz CT molecular complexity index is 737. The van der Waals surface area contributed by atoms with Crippen molar-refractivity contribution in [2.45, 2.75) is 0 Å². The first-order valence-electron chi connectivity index (χ1n) is 5.44. The maximum Gasteiger partial charge on any atom is 0.259 e. The minimum absolute atomic E-state index is 0.351. The summed E-state index contributed by atoms with van der Waals surface area (Å²) in [6, 6.07) is 2.61. The molecular formula is C12H8FN5O. The summed E-state index contributed by atoms with van der Waals surface area (Å²) in [6.07, 6.45) is 7.46. The third-order valence-electron chi connectivity index (χ3n) is 2.55. The fourth-order valence-electron chi connectivity index (χ4n) is 1.66. The molecule has 0 aromatic carbocycles. The van der Waals surface area contributed by atoms with Gasteiger partial charge in [-0.3, -0.25) is 9.78 Å². The van der Waals surface area contributed by atoms with Gasteiger partial charge in [0, 0.05) is 12.4 Å². The number of nitrogens with zero attached hydrogens (tertiary/aromatic N) is 4. The maximum absolute atomic E-state index is 12.7. The molecule has 0 aliphatic heterocycles. The number of anilines is 1. The standard InChI is InChI=1S/C12H8FN5O/c13-11-2-1-8(5-15-11)17-12(19)9-6-16-18-4-3-14-7-10(9)18/h1-7H,(H,17,19). The number of hydrogen-bond donors (Lipinski definition) is 1. The molecule has 6 nitrogen and oxygen atoms in total. The van der Waals surface area contributed by atoms with Crippen LogP contribution in [0.2, 0.25) is 0 Å². The SMILES string of the molecule is O=C(Nc1ccc(F)nc1)c1cnn2ccncc12. The maximum atomic E-state index is 12.7. The van der Waals surface area contributed by atoms with Gasteiger partial charge in [-0.1, -0.05) is 0 Å². The first-order chi connectivity index (χ1) is 9.24. The van der Waals surface area contributed by atoms with Gasteiger partial charge in [0.1, 0.15) is 0 Å². The van der Waals surface area contributed by atoms with E-state index in [1.165, 1.54) is 24.5 Å². The number of carbonyl (C=O) groups is 1. The Kier molecular flexibility index (Phi) is 2.64. The highest BCUT2D eigenvalue weighted by Gasteiger charge is 2.12. The molecule has 0 unspecified atom stereocenters. The molecule has 3 heterocycles. The molecular weight excluding hydrogens is 249 g/mol. The zero-order chi connectivity index (χ0) is 13.2. The van der Waals surface area contributed by atoms with Crippen LogP contribution in [0.15, 0.2) is 43.1 Å². The van der Waals surface area contributed by atoms with Crippen molar-refractivity contribution in [2.24, 2.45) is 0 Å². The quantitative estimate of drug-likeness (QED) is 0.706. The minimum Gasteiger partial charge on any atom is -0.320 e. The van der Waals surface area contributed by atoms with Crippen LogP contribution in [-0.4, -0.2) is 25.5 Å². The Morgan fingerprint density at radius 3 is 2.95 bits per heavy atom. The molecule has 3 aromatic heterocycles. The highest BCUT2D eigenvalue weighted by molar-refractivity contribution is 6.08. The number of fused-ring (bicyclic) bond motifs is 1. The van der Waals surface area contributed by atoms with Gasteiger partial charge in [0.2, 0.25) is 5.95 Å². The van der Waals surface area contributed by atoms with Crippen LogP contribution in [0, 0.1) is 5.95 Å². The molecule has 0 bridgehead atoms. The number of hydrogen-bond acceptors (Lipinski definition) is 4. The molecule has 0 aliphatic carbocycles. The van der Waals surface area contributed by atoms with Crippen LogP contribution in [0.25, 0.3) is 5.52 Å². The summed E-state index contributed by atoms with van der Waals surface area (Å²) in [5.74, 6) is -0.949.